The van der Waals surface area contributed by atoms with Crippen LogP contribution in [0.3, 0.4) is 0 Å². The summed E-state index contributed by atoms with van der Waals surface area (Å²) in [7, 11) is 0. The number of aliphatic hydroxyl groups is 2. The Hall–Kier alpha value is -1.43. The third kappa shape index (κ3) is 5.03. The fourth-order valence-corrected chi connectivity index (χ4v) is 3.01. The maximum Gasteiger partial charge on any atom is 0.251 e. The van der Waals surface area contributed by atoms with E-state index in [1.54, 1.807) is 6.07 Å². The molecule has 0 radical (unpaired) electrons. The molecular formula is C15H21FN2O6S. The van der Waals surface area contributed by atoms with Crippen LogP contribution >= 0.6 is 0 Å². The highest BCUT2D eigenvalue weighted by molar-refractivity contribution is 7.77. The highest BCUT2D eigenvalue weighted by atomic mass is 32.2. The Labute approximate surface area is 146 Å². The van der Waals surface area contributed by atoms with Crippen molar-refractivity contribution in [2.45, 2.75) is 31.0 Å². The molecule has 1 amide bonds. The van der Waals surface area contributed by atoms with Gasteiger partial charge in [0.25, 0.3) is 5.91 Å². The molecule has 10 heteroatoms. The van der Waals surface area contributed by atoms with E-state index < -0.39 is 41.2 Å². The van der Waals surface area contributed by atoms with E-state index in [0.717, 1.165) is 0 Å². The zero-order valence-corrected chi connectivity index (χ0v) is 14.2. The van der Waals surface area contributed by atoms with Crippen molar-refractivity contribution >= 4 is 17.2 Å². The molecule has 2 unspecified atom stereocenters. The van der Waals surface area contributed by atoms with Crippen LogP contribution in [0.5, 0.6) is 0 Å². The van der Waals surface area contributed by atoms with Crippen LogP contribution in [0.15, 0.2) is 18.2 Å². The van der Waals surface area contributed by atoms with Gasteiger partial charge in [0.1, 0.15) is 5.82 Å². The second-order valence-corrected chi connectivity index (χ2v) is 6.55. The van der Waals surface area contributed by atoms with E-state index >= 15 is 0 Å². The Morgan fingerprint density at radius 1 is 1.40 bits per heavy atom. The molecule has 1 fully saturated rings. The van der Waals surface area contributed by atoms with Crippen LogP contribution in [-0.4, -0.2) is 50.8 Å². The number of halogens is 1. The molecule has 8 nitrogen and oxygen atoms in total. The van der Waals surface area contributed by atoms with Crippen molar-refractivity contribution in [1.82, 2.24) is 10.0 Å². The summed E-state index contributed by atoms with van der Waals surface area (Å²) in [5, 5.41) is 21.1. The minimum absolute atomic E-state index is 0.124. The number of aliphatic hydroxyl groups excluding tert-OH is 2. The molecule has 25 heavy (non-hydrogen) atoms. The summed E-state index contributed by atoms with van der Waals surface area (Å²) in [4.78, 5) is 12.0. The van der Waals surface area contributed by atoms with Crippen LogP contribution < -0.4 is 10.0 Å². The first-order valence-corrected chi connectivity index (χ1v) is 8.80. The van der Waals surface area contributed by atoms with Gasteiger partial charge in [0.05, 0.1) is 12.1 Å². The lowest BCUT2D eigenvalue weighted by Gasteiger charge is -2.39. The Kier molecular flexibility index (Phi) is 6.99. The Balaban J connectivity index is 2.27. The van der Waals surface area contributed by atoms with Gasteiger partial charge in [-0.15, -0.1) is 0 Å². The SMILES string of the molecule is O=C(NC1(c2ccc(CNS(=O)O)c(F)c2)CCOCC1)C(O)CO. The van der Waals surface area contributed by atoms with Gasteiger partial charge in [0, 0.05) is 25.3 Å². The maximum atomic E-state index is 14.3. The average molecular weight is 376 g/mol. The van der Waals surface area contributed by atoms with E-state index in [1.165, 1.54) is 12.1 Å². The summed E-state index contributed by atoms with van der Waals surface area (Å²) < 4.78 is 41.2. The van der Waals surface area contributed by atoms with Gasteiger partial charge in [-0.2, -0.15) is 0 Å². The van der Waals surface area contributed by atoms with E-state index in [9.17, 15) is 18.5 Å². The molecule has 2 rings (SSSR count). The normalized spacial score (nSPS) is 19.2. The average Bonchev–Trinajstić information content (AvgIpc) is 2.60. The molecular weight excluding hydrogens is 355 g/mol. The van der Waals surface area contributed by atoms with Gasteiger partial charge in [-0.25, -0.2) is 13.3 Å². The fraction of sp³-hybridized carbons (Fsp3) is 0.533. The Morgan fingerprint density at radius 3 is 2.64 bits per heavy atom. The van der Waals surface area contributed by atoms with Gasteiger partial charge in [-0.1, -0.05) is 12.1 Å². The Bertz CT molecular complexity index is 638. The van der Waals surface area contributed by atoms with E-state index in [1.807, 2.05) is 0 Å². The fourth-order valence-electron chi connectivity index (χ4n) is 2.74. The van der Waals surface area contributed by atoms with E-state index in [4.69, 9.17) is 14.4 Å². The summed E-state index contributed by atoms with van der Waals surface area (Å²) in [5.41, 5.74) is -0.214. The number of carbonyl (C=O) groups is 1. The van der Waals surface area contributed by atoms with Crippen LogP contribution in [0, 0.1) is 5.82 Å². The molecule has 2 atom stereocenters. The van der Waals surface area contributed by atoms with E-state index in [0.29, 0.717) is 31.6 Å². The summed E-state index contributed by atoms with van der Waals surface area (Å²) in [5.74, 6) is -1.33. The van der Waals surface area contributed by atoms with Crippen molar-refractivity contribution in [3.8, 4) is 0 Å². The smallest absolute Gasteiger partial charge is 0.251 e. The monoisotopic (exact) mass is 376 g/mol. The molecule has 5 N–H and O–H groups in total. The van der Waals surface area contributed by atoms with Crippen LogP contribution in [-0.2, 0) is 32.9 Å². The minimum Gasteiger partial charge on any atom is -0.393 e. The van der Waals surface area contributed by atoms with Crippen LogP contribution in [0.25, 0.3) is 0 Å². The van der Waals surface area contributed by atoms with Crippen molar-refractivity contribution in [2.24, 2.45) is 0 Å². The van der Waals surface area contributed by atoms with Gasteiger partial charge in [-0.05, 0) is 24.5 Å². The van der Waals surface area contributed by atoms with Crippen molar-refractivity contribution < 1.29 is 32.9 Å². The van der Waals surface area contributed by atoms with Crippen molar-refractivity contribution in [1.29, 1.82) is 0 Å². The van der Waals surface area contributed by atoms with Gasteiger partial charge < -0.3 is 20.3 Å². The quantitative estimate of drug-likeness (QED) is 0.409. The number of carbonyl (C=O) groups excluding carboxylic acids is 1. The first-order valence-electron chi connectivity index (χ1n) is 7.70. The zero-order valence-electron chi connectivity index (χ0n) is 13.4. The van der Waals surface area contributed by atoms with Crippen LogP contribution in [0.2, 0.25) is 0 Å². The largest absolute Gasteiger partial charge is 0.393 e. The second kappa shape index (κ2) is 8.79. The summed E-state index contributed by atoms with van der Waals surface area (Å²) in [6.45, 7) is -0.134. The molecule has 1 aromatic rings. The van der Waals surface area contributed by atoms with Crippen molar-refractivity contribution in [3.05, 3.63) is 35.1 Å². The minimum atomic E-state index is -2.25. The zero-order chi connectivity index (χ0) is 18.4. The summed E-state index contributed by atoms with van der Waals surface area (Å²) >= 11 is -2.25. The molecule has 1 aliphatic rings. The number of amides is 1. The lowest BCUT2D eigenvalue weighted by Crippen LogP contribution is -2.53. The topological polar surface area (TPSA) is 128 Å². The molecule has 1 aliphatic heterocycles. The second-order valence-electron chi connectivity index (χ2n) is 5.76. The predicted molar refractivity (Wildman–Crippen MR) is 87.0 cm³/mol. The van der Waals surface area contributed by atoms with Gasteiger partial charge in [-0.3, -0.25) is 9.35 Å². The molecule has 0 spiro atoms. The third-order valence-corrected chi connectivity index (χ3v) is 4.57. The number of nitrogens with one attached hydrogen (secondary N) is 2. The molecule has 0 bridgehead atoms. The number of hydrogen-bond acceptors (Lipinski definition) is 5. The standard InChI is InChI=1S/C15H21FN2O6S/c16-12-7-11(2-1-10(12)8-17-25(22)23)15(3-5-24-6-4-15)18-14(21)13(20)9-19/h1-2,7,13,17,19-20H,3-6,8-9H2,(H,18,21)(H,22,23). The molecule has 0 aliphatic carbocycles. The lowest BCUT2D eigenvalue weighted by molar-refractivity contribution is -0.134. The van der Waals surface area contributed by atoms with Crippen LogP contribution in [0.4, 0.5) is 4.39 Å². The molecule has 1 aromatic carbocycles. The highest BCUT2D eigenvalue weighted by Crippen LogP contribution is 2.33. The van der Waals surface area contributed by atoms with Crippen LogP contribution in [0.1, 0.15) is 24.0 Å². The molecule has 1 heterocycles. The summed E-state index contributed by atoms with van der Waals surface area (Å²) in [6, 6.07) is 4.35. The lowest BCUT2D eigenvalue weighted by atomic mass is 9.82. The molecule has 1 saturated heterocycles. The predicted octanol–water partition coefficient (Wildman–Crippen LogP) is -0.473. The van der Waals surface area contributed by atoms with Gasteiger partial charge >= 0.3 is 0 Å². The number of rotatable bonds is 7. The molecule has 0 aromatic heterocycles. The van der Waals surface area contributed by atoms with Crippen molar-refractivity contribution in [2.75, 3.05) is 19.8 Å². The highest BCUT2D eigenvalue weighted by Gasteiger charge is 2.37. The molecule has 0 saturated carbocycles. The number of hydrogen-bond donors (Lipinski definition) is 5. The van der Waals surface area contributed by atoms with E-state index in [2.05, 4.69) is 10.0 Å². The van der Waals surface area contributed by atoms with Gasteiger partial charge in [0.2, 0.25) is 11.3 Å². The first-order chi connectivity index (χ1) is 11.9. The Morgan fingerprint density at radius 2 is 2.08 bits per heavy atom. The summed E-state index contributed by atoms with van der Waals surface area (Å²) in [6.07, 6.45) is -0.795. The maximum absolute atomic E-state index is 14.3. The van der Waals surface area contributed by atoms with Crippen molar-refractivity contribution in [3.63, 3.8) is 0 Å². The first kappa shape index (κ1) is 19.9. The molecule has 140 valence electrons. The third-order valence-electron chi connectivity index (χ3n) is 4.18. The number of ether oxygens (including phenoxy) is 1. The number of benzene rings is 1. The van der Waals surface area contributed by atoms with E-state index in [-0.39, 0.29) is 12.1 Å². The van der Waals surface area contributed by atoms with Gasteiger partial charge in [0.15, 0.2) is 6.10 Å².